The second-order valence-corrected chi connectivity index (χ2v) is 5.83. The number of anilines is 1. The van der Waals surface area contributed by atoms with Crippen molar-refractivity contribution in [1.29, 1.82) is 0 Å². The van der Waals surface area contributed by atoms with Gasteiger partial charge in [-0.3, -0.25) is 9.78 Å². The fourth-order valence-electron chi connectivity index (χ4n) is 3.21. The number of fused-ring (bicyclic) bond motifs is 2. The zero-order valence-electron chi connectivity index (χ0n) is 11.7. The van der Waals surface area contributed by atoms with E-state index in [2.05, 4.69) is 15.2 Å². The molecule has 4 nitrogen and oxygen atoms in total. The number of nitrogens with zero attached hydrogens (tertiary/aromatic N) is 2. The molecule has 4 heteroatoms. The first kappa shape index (κ1) is 12.5. The lowest BCUT2D eigenvalue weighted by Crippen LogP contribution is -2.67. The summed E-state index contributed by atoms with van der Waals surface area (Å²) in [6.07, 6.45) is 4.78. The van der Waals surface area contributed by atoms with Crippen molar-refractivity contribution in [3.63, 3.8) is 0 Å². The van der Waals surface area contributed by atoms with E-state index in [9.17, 15) is 4.79 Å². The van der Waals surface area contributed by atoms with E-state index >= 15 is 0 Å². The molecular formula is C17H17N3O. The van der Waals surface area contributed by atoms with Crippen molar-refractivity contribution < 1.29 is 4.79 Å². The van der Waals surface area contributed by atoms with Crippen molar-refractivity contribution in [2.24, 2.45) is 0 Å². The van der Waals surface area contributed by atoms with E-state index in [-0.39, 0.29) is 5.78 Å². The minimum absolute atomic E-state index is 0.0326. The van der Waals surface area contributed by atoms with Crippen molar-refractivity contribution in [2.45, 2.75) is 18.5 Å². The van der Waals surface area contributed by atoms with Gasteiger partial charge in [0.25, 0.3) is 0 Å². The third-order valence-electron chi connectivity index (χ3n) is 4.31. The first-order chi connectivity index (χ1) is 10.3. The number of pyridine rings is 1. The van der Waals surface area contributed by atoms with Gasteiger partial charge in [-0.15, -0.1) is 0 Å². The van der Waals surface area contributed by atoms with Crippen LogP contribution in [0.2, 0.25) is 0 Å². The van der Waals surface area contributed by atoms with Crippen LogP contribution in [-0.4, -0.2) is 35.9 Å². The summed E-state index contributed by atoms with van der Waals surface area (Å²) < 4.78 is 0. The molecule has 1 aromatic carbocycles. The molecule has 21 heavy (non-hydrogen) atoms. The van der Waals surface area contributed by atoms with E-state index in [1.165, 1.54) is 6.42 Å². The van der Waals surface area contributed by atoms with Gasteiger partial charge in [-0.1, -0.05) is 30.3 Å². The predicted molar refractivity (Wildman–Crippen MR) is 81.7 cm³/mol. The van der Waals surface area contributed by atoms with Crippen molar-refractivity contribution >= 4 is 11.5 Å². The molecule has 0 spiro atoms. The normalized spacial score (nSPS) is 23.5. The number of benzene rings is 1. The van der Waals surface area contributed by atoms with Crippen molar-refractivity contribution in [3.8, 4) is 0 Å². The van der Waals surface area contributed by atoms with E-state index in [1.54, 1.807) is 6.20 Å². The molecule has 0 amide bonds. The average Bonchev–Trinajstić information content (AvgIpc) is 2.55. The lowest BCUT2D eigenvalue weighted by Gasteiger charge is -2.49. The maximum Gasteiger partial charge on any atom is 0.194 e. The van der Waals surface area contributed by atoms with Crippen molar-refractivity contribution in [3.05, 3.63) is 59.9 Å². The zero-order valence-corrected chi connectivity index (χ0v) is 11.7. The number of aromatic nitrogens is 1. The van der Waals surface area contributed by atoms with Gasteiger partial charge in [0.15, 0.2) is 5.78 Å². The number of hydrogen-bond acceptors (Lipinski definition) is 4. The van der Waals surface area contributed by atoms with Crippen LogP contribution < -0.4 is 10.2 Å². The Labute approximate surface area is 123 Å². The Morgan fingerprint density at radius 3 is 2.52 bits per heavy atom. The third kappa shape index (κ3) is 2.32. The van der Waals surface area contributed by atoms with Crippen LogP contribution in [0.15, 0.2) is 48.8 Å². The molecule has 0 saturated carbocycles. The highest BCUT2D eigenvalue weighted by atomic mass is 16.1. The number of carbonyl (C=O) groups is 1. The van der Waals surface area contributed by atoms with Gasteiger partial charge in [0.2, 0.25) is 0 Å². The molecule has 106 valence electrons. The summed E-state index contributed by atoms with van der Waals surface area (Å²) in [6, 6.07) is 12.5. The van der Waals surface area contributed by atoms with Gasteiger partial charge in [-0.2, -0.15) is 0 Å². The lowest BCUT2D eigenvalue weighted by molar-refractivity contribution is 0.103. The van der Waals surface area contributed by atoms with Crippen LogP contribution in [0, 0.1) is 0 Å². The summed E-state index contributed by atoms with van der Waals surface area (Å²) in [4.78, 5) is 19.1. The molecular weight excluding hydrogens is 262 g/mol. The first-order valence-corrected chi connectivity index (χ1v) is 7.35. The maximum absolute atomic E-state index is 12.5. The number of hydrogen-bond donors (Lipinski definition) is 1. The summed E-state index contributed by atoms with van der Waals surface area (Å²) in [5, 5.41) is 3.51. The second kappa shape index (κ2) is 4.97. The van der Waals surface area contributed by atoms with E-state index in [0.717, 1.165) is 18.8 Å². The quantitative estimate of drug-likeness (QED) is 0.871. The Kier molecular flexibility index (Phi) is 2.97. The van der Waals surface area contributed by atoms with E-state index in [0.29, 0.717) is 23.2 Å². The molecule has 5 rings (SSSR count). The molecule has 0 aliphatic carbocycles. The summed E-state index contributed by atoms with van der Waals surface area (Å²) in [5.41, 5.74) is 2.42. The Hall–Kier alpha value is -2.20. The number of piperidine rings is 1. The molecule has 1 aromatic heterocycles. The van der Waals surface area contributed by atoms with Crippen LogP contribution in [0.3, 0.4) is 0 Å². The number of nitrogens with one attached hydrogen (secondary N) is 1. The van der Waals surface area contributed by atoms with Crippen LogP contribution in [-0.2, 0) is 0 Å². The molecule has 2 atom stereocenters. The van der Waals surface area contributed by atoms with Crippen LogP contribution in [0.4, 0.5) is 5.69 Å². The number of rotatable bonds is 3. The SMILES string of the molecule is O=C(c1ccccc1)c1cncc(N2CC3CC(C2)N3)c1. The minimum atomic E-state index is 0.0326. The second-order valence-electron chi connectivity index (χ2n) is 5.83. The van der Waals surface area contributed by atoms with Gasteiger partial charge in [-0.05, 0) is 12.5 Å². The standard InChI is InChI=1S/C17H17N3O/c21-17(12-4-2-1-3-5-12)13-6-16(9-18-8-13)20-10-14-7-15(11-20)19-14/h1-6,8-9,14-15,19H,7,10-11H2. The molecule has 4 heterocycles. The largest absolute Gasteiger partial charge is 0.367 e. The van der Waals surface area contributed by atoms with E-state index < -0.39 is 0 Å². The predicted octanol–water partition coefficient (Wildman–Crippen LogP) is 1.86. The average molecular weight is 279 g/mol. The van der Waals surface area contributed by atoms with E-state index in [1.807, 2.05) is 42.6 Å². The van der Waals surface area contributed by atoms with Gasteiger partial charge in [0, 0.05) is 42.5 Å². The molecule has 2 unspecified atom stereocenters. The van der Waals surface area contributed by atoms with Crippen LogP contribution in [0.25, 0.3) is 0 Å². The van der Waals surface area contributed by atoms with Crippen LogP contribution in [0.5, 0.6) is 0 Å². The zero-order chi connectivity index (χ0) is 14.2. The Morgan fingerprint density at radius 1 is 1.10 bits per heavy atom. The van der Waals surface area contributed by atoms with Crippen LogP contribution in [0.1, 0.15) is 22.3 Å². The Balaban J connectivity index is 1.59. The van der Waals surface area contributed by atoms with Crippen molar-refractivity contribution in [1.82, 2.24) is 10.3 Å². The molecule has 3 saturated heterocycles. The smallest absolute Gasteiger partial charge is 0.194 e. The molecule has 3 aliphatic rings. The molecule has 2 bridgehead atoms. The minimum Gasteiger partial charge on any atom is -0.367 e. The van der Waals surface area contributed by atoms with Gasteiger partial charge in [0.05, 0.1) is 11.9 Å². The van der Waals surface area contributed by atoms with E-state index in [4.69, 9.17) is 0 Å². The van der Waals surface area contributed by atoms with Gasteiger partial charge in [-0.25, -0.2) is 0 Å². The molecule has 0 radical (unpaired) electrons. The lowest BCUT2D eigenvalue weighted by atomic mass is 9.91. The highest BCUT2D eigenvalue weighted by Gasteiger charge is 2.36. The monoisotopic (exact) mass is 279 g/mol. The highest BCUT2D eigenvalue weighted by Crippen LogP contribution is 2.26. The fraction of sp³-hybridized carbons (Fsp3) is 0.294. The Morgan fingerprint density at radius 2 is 1.81 bits per heavy atom. The Bertz CT molecular complexity index is 655. The molecule has 2 aromatic rings. The van der Waals surface area contributed by atoms with Gasteiger partial charge in [0.1, 0.15) is 0 Å². The molecule has 1 N–H and O–H groups in total. The highest BCUT2D eigenvalue weighted by molar-refractivity contribution is 6.09. The maximum atomic E-state index is 12.5. The third-order valence-corrected chi connectivity index (χ3v) is 4.31. The summed E-state index contributed by atoms with van der Waals surface area (Å²) in [6.45, 7) is 2.00. The molecule has 3 aliphatic heterocycles. The van der Waals surface area contributed by atoms with Crippen molar-refractivity contribution in [2.75, 3.05) is 18.0 Å². The van der Waals surface area contributed by atoms with Gasteiger partial charge >= 0.3 is 0 Å². The topological polar surface area (TPSA) is 45.2 Å². The summed E-state index contributed by atoms with van der Waals surface area (Å²) in [5.74, 6) is 0.0326. The number of ketones is 1. The first-order valence-electron chi connectivity index (χ1n) is 7.35. The number of piperazine rings is 1. The van der Waals surface area contributed by atoms with Gasteiger partial charge < -0.3 is 10.2 Å². The summed E-state index contributed by atoms with van der Waals surface area (Å²) >= 11 is 0. The number of carbonyl (C=O) groups excluding carboxylic acids is 1. The molecule has 3 fully saturated rings. The fourth-order valence-corrected chi connectivity index (χ4v) is 3.21. The summed E-state index contributed by atoms with van der Waals surface area (Å²) in [7, 11) is 0. The van der Waals surface area contributed by atoms with Crippen LogP contribution >= 0.6 is 0 Å².